The molecule has 128 valence electrons. The third-order valence-corrected chi connectivity index (χ3v) is 4.44. The molecule has 1 aromatic heterocycles. The quantitative estimate of drug-likeness (QED) is 0.715. The predicted molar refractivity (Wildman–Crippen MR) is 97.2 cm³/mol. The number of carboxylic acids is 1. The number of carbonyl (C=O) groups is 1. The number of fused-ring (bicyclic) bond motifs is 1. The molecule has 0 spiro atoms. The second kappa shape index (κ2) is 6.93. The van der Waals surface area contributed by atoms with E-state index in [0.29, 0.717) is 24.0 Å². The van der Waals surface area contributed by atoms with E-state index < -0.39 is 5.97 Å². The van der Waals surface area contributed by atoms with Crippen LogP contribution < -0.4 is 5.63 Å². The molecule has 3 aromatic rings. The molecule has 1 N–H and O–H groups in total. The summed E-state index contributed by atoms with van der Waals surface area (Å²) in [5.41, 5.74) is 4.59. The largest absolute Gasteiger partial charge is 0.481 e. The van der Waals surface area contributed by atoms with E-state index in [4.69, 9.17) is 9.52 Å². The molecule has 0 aliphatic carbocycles. The fraction of sp³-hybridized carbons (Fsp3) is 0.238. The van der Waals surface area contributed by atoms with Crippen LogP contribution in [0.2, 0.25) is 0 Å². The van der Waals surface area contributed by atoms with Gasteiger partial charge in [0.05, 0.1) is 0 Å². The molecule has 0 atom stereocenters. The van der Waals surface area contributed by atoms with Gasteiger partial charge in [0.25, 0.3) is 0 Å². The molecular formula is C21H20O4. The van der Waals surface area contributed by atoms with Gasteiger partial charge in [-0.1, -0.05) is 36.4 Å². The summed E-state index contributed by atoms with van der Waals surface area (Å²) in [4.78, 5) is 23.5. The predicted octanol–water partition coefficient (Wildman–Crippen LogP) is 4.02. The van der Waals surface area contributed by atoms with Crippen molar-refractivity contribution >= 4 is 16.9 Å². The molecule has 3 rings (SSSR count). The van der Waals surface area contributed by atoms with E-state index in [2.05, 4.69) is 0 Å². The van der Waals surface area contributed by atoms with Gasteiger partial charge in [0.15, 0.2) is 0 Å². The van der Waals surface area contributed by atoms with Crippen molar-refractivity contribution < 1.29 is 14.3 Å². The summed E-state index contributed by atoms with van der Waals surface area (Å²) in [5.74, 6) is -0.839. The maximum Gasteiger partial charge on any atom is 0.340 e. The molecule has 0 fully saturated rings. The van der Waals surface area contributed by atoms with Crippen LogP contribution in [0.1, 0.15) is 34.2 Å². The van der Waals surface area contributed by atoms with Gasteiger partial charge in [-0.3, -0.25) is 4.79 Å². The van der Waals surface area contributed by atoms with Crippen molar-refractivity contribution in [1.82, 2.24) is 0 Å². The Kier molecular flexibility index (Phi) is 4.70. The molecule has 0 saturated carbocycles. The van der Waals surface area contributed by atoms with Crippen LogP contribution in [0.25, 0.3) is 11.0 Å². The Labute approximate surface area is 145 Å². The molecular weight excluding hydrogens is 316 g/mol. The molecule has 2 aromatic carbocycles. The van der Waals surface area contributed by atoms with Crippen LogP contribution in [0.4, 0.5) is 0 Å². The van der Waals surface area contributed by atoms with E-state index in [1.165, 1.54) is 0 Å². The first-order chi connectivity index (χ1) is 12.0. The highest BCUT2D eigenvalue weighted by Gasteiger charge is 2.16. The third kappa shape index (κ3) is 3.63. The van der Waals surface area contributed by atoms with Crippen LogP contribution in [0.3, 0.4) is 0 Å². The normalized spacial score (nSPS) is 11.0. The van der Waals surface area contributed by atoms with E-state index in [1.54, 1.807) is 0 Å². The van der Waals surface area contributed by atoms with Crippen LogP contribution >= 0.6 is 0 Å². The molecule has 4 heteroatoms. The van der Waals surface area contributed by atoms with Crippen molar-refractivity contribution in [1.29, 1.82) is 0 Å². The van der Waals surface area contributed by atoms with Gasteiger partial charge in [0.2, 0.25) is 0 Å². The summed E-state index contributed by atoms with van der Waals surface area (Å²) in [6.45, 7) is 3.83. The smallest absolute Gasteiger partial charge is 0.340 e. The topological polar surface area (TPSA) is 67.5 Å². The van der Waals surface area contributed by atoms with Crippen LogP contribution in [-0.4, -0.2) is 11.1 Å². The Morgan fingerprint density at radius 3 is 2.52 bits per heavy atom. The number of benzene rings is 2. The number of hydrogen-bond acceptors (Lipinski definition) is 3. The molecule has 0 unspecified atom stereocenters. The fourth-order valence-corrected chi connectivity index (χ4v) is 3.24. The van der Waals surface area contributed by atoms with Gasteiger partial charge in [-0.2, -0.15) is 0 Å². The molecule has 25 heavy (non-hydrogen) atoms. The minimum Gasteiger partial charge on any atom is -0.481 e. The summed E-state index contributed by atoms with van der Waals surface area (Å²) >= 11 is 0. The Hall–Kier alpha value is -2.88. The van der Waals surface area contributed by atoms with Crippen LogP contribution in [0, 0.1) is 13.8 Å². The number of aliphatic carboxylic acids is 1. The SMILES string of the molecule is Cc1cc(CCC(=O)O)c2c(C)c(Cc3ccccc3)c(=O)oc2c1. The average molecular weight is 336 g/mol. The molecule has 0 aliphatic rings. The maximum atomic E-state index is 12.5. The lowest BCUT2D eigenvalue weighted by Crippen LogP contribution is -2.12. The minimum atomic E-state index is -0.839. The number of carboxylic acid groups (broad SMARTS) is 1. The highest BCUT2D eigenvalue weighted by molar-refractivity contribution is 5.86. The summed E-state index contributed by atoms with van der Waals surface area (Å²) in [5, 5.41) is 9.86. The molecule has 4 nitrogen and oxygen atoms in total. The first-order valence-electron chi connectivity index (χ1n) is 8.27. The van der Waals surface area contributed by atoms with Crippen molar-refractivity contribution in [3.63, 3.8) is 0 Å². The summed E-state index contributed by atoms with van der Waals surface area (Å²) in [6, 6.07) is 13.6. The summed E-state index contributed by atoms with van der Waals surface area (Å²) in [7, 11) is 0. The first kappa shape index (κ1) is 17.0. The lowest BCUT2D eigenvalue weighted by atomic mass is 9.94. The van der Waals surface area contributed by atoms with Gasteiger partial charge in [0, 0.05) is 23.8 Å². The zero-order valence-corrected chi connectivity index (χ0v) is 14.3. The van der Waals surface area contributed by atoms with Crippen molar-refractivity contribution in [3.05, 3.63) is 80.7 Å². The zero-order valence-electron chi connectivity index (χ0n) is 14.3. The molecule has 0 amide bonds. The van der Waals surface area contributed by atoms with Gasteiger partial charge in [-0.15, -0.1) is 0 Å². The highest BCUT2D eigenvalue weighted by Crippen LogP contribution is 2.27. The standard InChI is InChI=1S/C21H20O4/c1-13-10-16(8-9-19(22)23)20-14(2)17(21(24)25-18(20)11-13)12-15-6-4-3-5-7-15/h3-7,10-11H,8-9,12H2,1-2H3,(H,22,23). The molecule has 0 saturated heterocycles. The van der Waals surface area contributed by atoms with Crippen molar-refractivity contribution in [3.8, 4) is 0 Å². The van der Waals surface area contributed by atoms with Gasteiger partial charge < -0.3 is 9.52 Å². The van der Waals surface area contributed by atoms with Crippen LogP contribution in [-0.2, 0) is 17.6 Å². The van der Waals surface area contributed by atoms with Gasteiger partial charge in [0.1, 0.15) is 5.58 Å². The summed E-state index contributed by atoms with van der Waals surface area (Å²) < 4.78 is 5.57. The van der Waals surface area contributed by atoms with E-state index >= 15 is 0 Å². The van der Waals surface area contributed by atoms with Gasteiger partial charge in [-0.05, 0) is 48.6 Å². The number of hydrogen-bond donors (Lipinski definition) is 1. The third-order valence-electron chi connectivity index (χ3n) is 4.44. The van der Waals surface area contributed by atoms with E-state index in [-0.39, 0.29) is 12.0 Å². The number of rotatable bonds is 5. The van der Waals surface area contributed by atoms with Gasteiger partial charge >= 0.3 is 11.6 Å². The Balaban J connectivity index is 2.16. The first-order valence-corrected chi connectivity index (χ1v) is 8.27. The van der Waals surface area contributed by atoms with E-state index in [1.807, 2.05) is 56.3 Å². The van der Waals surface area contributed by atoms with E-state index in [9.17, 15) is 9.59 Å². The summed E-state index contributed by atoms with van der Waals surface area (Å²) in [6.07, 6.45) is 0.954. The molecule has 0 bridgehead atoms. The highest BCUT2D eigenvalue weighted by atomic mass is 16.4. The van der Waals surface area contributed by atoms with Crippen LogP contribution in [0.5, 0.6) is 0 Å². The minimum absolute atomic E-state index is 0.0468. The van der Waals surface area contributed by atoms with Crippen molar-refractivity contribution in [2.45, 2.75) is 33.1 Å². The van der Waals surface area contributed by atoms with Crippen LogP contribution in [0.15, 0.2) is 51.7 Å². The maximum absolute atomic E-state index is 12.5. The monoisotopic (exact) mass is 336 g/mol. The fourth-order valence-electron chi connectivity index (χ4n) is 3.24. The van der Waals surface area contributed by atoms with Crippen molar-refractivity contribution in [2.75, 3.05) is 0 Å². The lowest BCUT2D eigenvalue weighted by molar-refractivity contribution is -0.136. The Morgan fingerprint density at radius 1 is 1.12 bits per heavy atom. The molecule has 0 radical (unpaired) electrons. The van der Waals surface area contributed by atoms with Gasteiger partial charge in [-0.25, -0.2) is 4.79 Å². The Bertz CT molecular complexity index is 984. The second-order valence-corrected chi connectivity index (χ2v) is 6.35. The zero-order chi connectivity index (χ0) is 18.0. The van der Waals surface area contributed by atoms with Crippen molar-refractivity contribution in [2.24, 2.45) is 0 Å². The molecule has 1 heterocycles. The number of aryl methyl sites for hydroxylation is 3. The molecule has 0 aliphatic heterocycles. The average Bonchev–Trinajstić information content (AvgIpc) is 2.57. The Morgan fingerprint density at radius 2 is 1.84 bits per heavy atom. The second-order valence-electron chi connectivity index (χ2n) is 6.35. The lowest BCUT2D eigenvalue weighted by Gasteiger charge is -2.13. The van der Waals surface area contributed by atoms with E-state index in [0.717, 1.165) is 27.6 Å².